The summed E-state index contributed by atoms with van der Waals surface area (Å²) in [6.07, 6.45) is 1.46. The minimum atomic E-state index is -1.11. The van der Waals surface area contributed by atoms with Crippen LogP contribution in [0.5, 0.6) is 0 Å². The monoisotopic (exact) mass is 435 g/mol. The van der Waals surface area contributed by atoms with Gasteiger partial charge in [0.2, 0.25) is 0 Å². The number of Topliss-reactive ketones (excluding diaryl/α,β-unsaturated/α-hetero) is 1. The van der Waals surface area contributed by atoms with E-state index in [0.717, 1.165) is 4.90 Å². The number of rotatable bonds is 4. The van der Waals surface area contributed by atoms with E-state index in [1.165, 1.54) is 54.7 Å². The summed E-state index contributed by atoms with van der Waals surface area (Å²) < 4.78 is 0. The van der Waals surface area contributed by atoms with Gasteiger partial charge in [-0.2, -0.15) is 0 Å². The summed E-state index contributed by atoms with van der Waals surface area (Å²) in [5.41, 5.74) is 0.155. The minimum absolute atomic E-state index is 0.177. The Morgan fingerprint density at radius 2 is 1.81 bits per heavy atom. The van der Waals surface area contributed by atoms with Crippen LogP contribution >= 0.6 is 11.6 Å². The lowest BCUT2D eigenvalue weighted by atomic mass is 9.95. The summed E-state index contributed by atoms with van der Waals surface area (Å²) in [4.78, 5) is 41.9. The number of carbonyl (C=O) groups excluding carboxylic acids is 2. The molecular formula is C22H14ClN3O5. The summed E-state index contributed by atoms with van der Waals surface area (Å²) >= 11 is 5.90. The fraction of sp³-hybridized carbons (Fsp3) is 0.0455. The molecule has 31 heavy (non-hydrogen) atoms. The molecule has 1 amide bonds. The molecule has 1 atom stereocenters. The first-order chi connectivity index (χ1) is 14.9. The van der Waals surface area contributed by atoms with Crippen LogP contribution in [0.3, 0.4) is 0 Å². The quantitative estimate of drug-likeness (QED) is 0.215. The van der Waals surface area contributed by atoms with Crippen LogP contribution in [0.2, 0.25) is 5.02 Å². The standard InChI is InChI=1S/C22H14ClN3O5/c23-15-9-7-13(8-10-15)20(27)18-19(14-4-3-5-16(12-14)26(30)31)25(22(29)21(18)28)17-6-1-2-11-24-17/h1-12,19,27H/b20-18+. The molecule has 1 aliphatic heterocycles. The number of aliphatic hydroxyl groups is 1. The lowest BCUT2D eigenvalue weighted by molar-refractivity contribution is -0.384. The number of carbonyl (C=O) groups is 2. The van der Waals surface area contributed by atoms with Crippen LogP contribution in [0.4, 0.5) is 11.5 Å². The fourth-order valence-electron chi connectivity index (χ4n) is 3.45. The van der Waals surface area contributed by atoms with Gasteiger partial charge in [0.25, 0.3) is 11.5 Å². The number of halogens is 1. The van der Waals surface area contributed by atoms with Gasteiger partial charge < -0.3 is 5.11 Å². The molecule has 1 aromatic heterocycles. The fourth-order valence-corrected chi connectivity index (χ4v) is 3.58. The van der Waals surface area contributed by atoms with Crippen molar-refractivity contribution in [2.45, 2.75) is 6.04 Å². The first-order valence-electron chi connectivity index (χ1n) is 9.11. The minimum Gasteiger partial charge on any atom is -0.507 e. The van der Waals surface area contributed by atoms with Crippen LogP contribution in [0, 0.1) is 10.1 Å². The number of nitro groups is 1. The normalized spacial score (nSPS) is 17.7. The van der Waals surface area contributed by atoms with Gasteiger partial charge in [0, 0.05) is 28.9 Å². The number of amides is 1. The van der Waals surface area contributed by atoms with E-state index in [0.29, 0.717) is 5.02 Å². The van der Waals surface area contributed by atoms with Crippen molar-refractivity contribution in [3.8, 4) is 0 Å². The van der Waals surface area contributed by atoms with Gasteiger partial charge >= 0.3 is 5.91 Å². The van der Waals surface area contributed by atoms with Crippen molar-refractivity contribution in [1.82, 2.24) is 4.98 Å². The highest BCUT2D eigenvalue weighted by atomic mass is 35.5. The number of hydrogen-bond acceptors (Lipinski definition) is 6. The van der Waals surface area contributed by atoms with Crippen molar-refractivity contribution in [1.29, 1.82) is 0 Å². The Morgan fingerprint density at radius 3 is 2.45 bits per heavy atom. The molecule has 0 radical (unpaired) electrons. The molecule has 8 nitrogen and oxygen atoms in total. The number of ketones is 1. The van der Waals surface area contributed by atoms with Crippen LogP contribution < -0.4 is 4.90 Å². The SMILES string of the molecule is O=C1C(=O)N(c2ccccn2)C(c2cccc([N+](=O)[O-])c2)/C1=C(\O)c1ccc(Cl)cc1. The summed E-state index contributed by atoms with van der Waals surface area (Å²) in [5, 5.41) is 22.7. The molecule has 0 bridgehead atoms. The maximum absolute atomic E-state index is 13.0. The number of pyridine rings is 1. The number of nitrogens with zero attached hydrogens (tertiary/aromatic N) is 3. The highest BCUT2D eigenvalue weighted by molar-refractivity contribution is 6.51. The molecule has 2 heterocycles. The molecule has 154 valence electrons. The number of aliphatic hydroxyl groups excluding tert-OH is 1. The number of aromatic nitrogens is 1. The molecule has 1 unspecified atom stereocenters. The van der Waals surface area contributed by atoms with Crippen molar-refractivity contribution in [2.75, 3.05) is 4.90 Å². The highest BCUT2D eigenvalue weighted by Gasteiger charge is 2.47. The van der Waals surface area contributed by atoms with Crippen LogP contribution in [0.25, 0.3) is 5.76 Å². The zero-order chi connectivity index (χ0) is 22.1. The number of hydrogen-bond donors (Lipinski definition) is 1. The van der Waals surface area contributed by atoms with E-state index >= 15 is 0 Å². The second kappa shape index (κ2) is 8.00. The van der Waals surface area contributed by atoms with E-state index < -0.39 is 28.4 Å². The van der Waals surface area contributed by atoms with E-state index in [2.05, 4.69) is 4.98 Å². The summed E-state index contributed by atoms with van der Waals surface area (Å²) in [7, 11) is 0. The molecular weight excluding hydrogens is 422 g/mol. The first kappa shape index (κ1) is 20.2. The molecule has 2 aromatic carbocycles. The topological polar surface area (TPSA) is 114 Å². The van der Waals surface area contributed by atoms with E-state index in [1.807, 2.05) is 0 Å². The van der Waals surface area contributed by atoms with Gasteiger partial charge in [-0.25, -0.2) is 4.98 Å². The van der Waals surface area contributed by atoms with Gasteiger partial charge in [0.15, 0.2) is 0 Å². The van der Waals surface area contributed by atoms with Crippen molar-refractivity contribution in [2.24, 2.45) is 0 Å². The van der Waals surface area contributed by atoms with Gasteiger partial charge in [-0.1, -0.05) is 29.8 Å². The summed E-state index contributed by atoms with van der Waals surface area (Å²) in [5.74, 6) is -2.05. The Hall–Kier alpha value is -4.04. The van der Waals surface area contributed by atoms with Crippen molar-refractivity contribution in [3.63, 3.8) is 0 Å². The van der Waals surface area contributed by atoms with Crippen LogP contribution in [-0.2, 0) is 9.59 Å². The molecule has 1 N–H and O–H groups in total. The Balaban J connectivity index is 1.96. The Morgan fingerprint density at radius 1 is 1.06 bits per heavy atom. The Labute approximate surface area is 181 Å². The van der Waals surface area contributed by atoms with Crippen molar-refractivity contribution in [3.05, 3.63) is 105 Å². The smallest absolute Gasteiger partial charge is 0.301 e. The Kier molecular flexibility index (Phi) is 5.22. The average molecular weight is 436 g/mol. The van der Waals surface area contributed by atoms with Gasteiger partial charge in [-0.05, 0) is 42.0 Å². The molecule has 4 rings (SSSR count). The highest BCUT2D eigenvalue weighted by Crippen LogP contribution is 2.42. The third-order valence-corrected chi connectivity index (χ3v) is 5.11. The summed E-state index contributed by atoms with van der Waals surface area (Å²) in [6.45, 7) is 0. The second-order valence-corrected chi connectivity index (χ2v) is 7.15. The predicted octanol–water partition coefficient (Wildman–Crippen LogP) is 4.27. The third kappa shape index (κ3) is 3.64. The largest absolute Gasteiger partial charge is 0.507 e. The molecule has 3 aromatic rings. The molecule has 1 fully saturated rings. The van der Waals surface area contributed by atoms with E-state index in [-0.39, 0.29) is 28.2 Å². The maximum atomic E-state index is 13.0. The molecule has 9 heteroatoms. The van der Waals surface area contributed by atoms with Gasteiger partial charge in [-0.3, -0.25) is 24.6 Å². The number of benzene rings is 2. The first-order valence-corrected chi connectivity index (χ1v) is 9.48. The molecule has 0 spiro atoms. The summed E-state index contributed by atoms with van der Waals surface area (Å²) in [6, 6.07) is 15.4. The average Bonchev–Trinajstić information content (AvgIpc) is 3.05. The number of anilines is 1. The molecule has 1 aliphatic rings. The number of non-ortho nitro benzene ring substituents is 1. The van der Waals surface area contributed by atoms with Gasteiger partial charge in [0.05, 0.1) is 16.5 Å². The lowest BCUT2D eigenvalue weighted by Gasteiger charge is -2.24. The zero-order valence-corrected chi connectivity index (χ0v) is 16.6. The van der Waals surface area contributed by atoms with Crippen molar-refractivity contribution >= 4 is 40.6 Å². The van der Waals surface area contributed by atoms with Crippen LogP contribution in [0.1, 0.15) is 17.2 Å². The lowest BCUT2D eigenvalue weighted by Crippen LogP contribution is -2.30. The maximum Gasteiger partial charge on any atom is 0.301 e. The van der Waals surface area contributed by atoms with Gasteiger partial charge in [-0.15, -0.1) is 0 Å². The van der Waals surface area contributed by atoms with E-state index in [9.17, 15) is 24.8 Å². The van der Waals surface area contributed by atoms with Crippen molar-refractivity contribution < 1.29 is 19.6 Å². The predicted molar refractivity (Wildman–Crippen MR) is 114 cm³/mol. The third-order valence-electron chi connectivity index (χ3n) is 4.85. The molecule has 0 aliphatic carbocycles. The molecule has 1 saturated heterocycles. The van der Waals surface area contributed by atoms with E-state index in [1.54, 1.807) is 18.2 Å². The van der Waals surface area contributed by atoms with Gasteiger partial charge in [0.1, 0.15) is 11.6 Å². The Bertz CT molecular complexity index is 1230. The van der Waals surface area contributed by atoms with Crippen LogP contribution in [-0.4, -0.2) is 26.7 Å². The number of nitro benzene ring substituents is 1. The zero-order valence-electron chi connectivity index (χ0n) is 15.8. The second-order valence-electron chi connectivity index (χ2n) is 6.72. The van der Waals surface area contributed by atoms with E-state index in [4.69, 9.17) is 11.6 Å². The molecule has 0 saturated carbocycles. The van der Waals surface area contributed by atoms with Crippen LogP contribution in [0.15, 0.2) is 78.5 Å².